The molecule has 214 valence electrons. The number of aryl methyl sites for hydroxylation is 2. The predicted molar refractivity (Wildman–Crippen MR) is 156 cm³/mol. The van der Waals surface area contributed by atoms with Gasteiger partial charge in [0.05, 0.1) is 73.1 Å². The van der Waals surface area contributed by atoms with E-state index in [1.54, 1.807) is 19.5 Å². The lowest BCUT2D eigenvalue weighted by Gasteiger charge is -2.28. The summed E-state index contributed by atoms with van der Waals surface area (Å²) in [5.74, 6) is 3.33. The standard InChI is InChI=1S/C30H31N9O3/c1-16-21-11-32-39(24(21)8-23(33-16)22-10-31-5-4-26(22)40-3)27-9-25-28(29(34-27)37-12-19-6-17(37)14-41-19)35-30(36(25)2)38-13-20-7-18(38)15-42-20/h4-5,8-11,17-20H,6-7,12-15H2,1-3H3/t17-,18+,19-,20+/m1/s1. The van der Waals surface area contributed by atoms with E-state index in [1.165, 1.54) is 0 Å². The fraction of sp³-hybridized carbons (Fsp3) is 0.433. The number of fused-ring (bicyclic) bond motifs is 6. The molecule has 4 atom stereocenters. The van der Waals surface area contributed by atoms with Crippen LogP contribution in [-0.4, -0.2) is 92.0 Å². The van der Waals surface area contributed by atoms with Gasteiger partial charge < -0.3 is 28.6 Å². The Morgan fingerprint density at radius 2 is 1.71 bits per heavy atom. The van der Waals surface area contributed by atoms with E-state index in [-0.39, 0.29) is 12.2 Å². The maximum absolute atomic E-state index is 5.95. The van der Waals surface area contributed by atoms with Crippen LogP contribution in [0.15, 0.2) is 36.8 Å². The first-order valence-electron chi connectivity index (χ1n) is 14.5. The average Bonchev–Trinajstić information content (AvgIpc) is 3.87. The molecule has 42 heavy (non-hydrogen) atoms. The molecule has 0 saturated carbocycles. The molecule has 0 amide bonds. The third-order valence-electron chi connectivity index (χ3n) is 9.40. The van der Waals surface area contributed by atoms with Gasteiger partial charge >= 0.3 is 0 Å². The molecule has 9 heterocycles. The minimum atomic E-state index is 0.237. The molecule has 4 fully saturated rings. The molecule has 5 aromatic rings. The molecular formula is C30H31N9O3. The smallest absolute Gasteiger partial charge is 0.206 e. The van der Waals surface area contributed by atoms with Crippen LogP contribution in [0.25, 0.3) is 39.0 Å². The van der Waals surface area contributed by atoms with Gasteiger partial charge in [-0.25, -0.2) is 14.6 Å². The van der Waals surface area contributed by atoms with Crippen molar-refractivity contribution in [1.82, 2.24) is 34.3 Å². The average molecular weight is 566 g/mol. The summed E-state index contributed by atoms with van der Waals surface area (Å²) in [6.07, 6.45) is 7.98. The molecular weight excluding hydrogens is 534 g/mol. The lowest BCUT2D eigenvalue weighted by atomic mass is 10.1. The van der Waals surface area contributed by atoms with Crippen molar-refractivity contribution < 1.29 is 14.2 Å². The summed E-state index contributed by atoms with van der Waals surface area (Å²) >= 11 is 0. The number of anilines is 2. The monoisotopic (exact) mass is 565 g/mol. The van der Waals surface area contributed by atoms with Gasteiger partial charge in [-0.15, -0.1) is 0 Å². The molecule has 5 aromatic heterocycles. The summed E-state index contributed by atoms with van der Waals surface area (Å²) < 4.78 is 21.6. The fourth-order valence-electron chi connectivity index (χ4n) is 7.26. The molecule has 0 spiro atoms. The summed E-state index contributed by atoms with van der Waals surface area (Å²) in [6.45, 7) is 5.17. The van der Waals surface area contributed by atoms with E-state index in [2.05, 4.69) is 32.5 Å². The van der Waals surface area contributed by atoms with Crippen LogP contribution < -0.4 is 14.5 Å². The lowest BCUT2D eigenvalue weighted by molar-refractivity contribution is 0.0984. The van der Waals surface area contributed by atoms with Crippen LogP contribution in [0.3, 0.4) is 0 Å². The number of morpholine rings is 2. The maximum Gasteiger partial charge on any atom is 0.206 e. The highest BCUT2D eigenvalue weighted by Gasteiger charge is 2.43. The van der Waals surface area contributed by atoms with Crippen LogP contribution in [0.4, 0.5) is 11.8 Å². The number of rotatable bonds is 5. The maximum atomic E-state index is 5.95. The van der Waals surface area contributed by atoms with Crippen molar-refractivity contribution >= 4 is 33.7 Å². The molecule has 0 unspecified atom stereocenters. The Kier molecular flexibility index (Phi) is 5.13. The van der Waals surface area contributed by atoms with E-state index in [1.807, 2.05) is 29.9 Å². The van der Waals surface area contributed by atoms with Crippen molar-refractivity contribution in [2.75, 3.05) is 43.2 Å². The zero-order valence-corrected chi connectivity index (χ0v) is 23.8. The van der Waals surface area contributed by atoms with Crippen molar-refractivity contribution in [2.45, 2.75) is 44.1 Å². The minimum Gasteiger partial charge on any atom is -0.496 e. The van der Waals surface area contributed by atoms with Gasteiger partial charge in [0.25, 0.3) is 0 Å². The Hall–Kier alpha value is -4.29. The lowest BCUT2D eigenvalue weighted by Crippen LogP contribution is -2.38. The van der Waals surface area contributed by atoms with Gasteiger partial charge in [0.1, 0.15) is 11.3 Å². The highest BCUT2D eigenvalue weighted by atomic mass is 16.5. The first-order valence-corrected chi connectivity index (χ1v) is 14.5. The zero-order chi connectivity index (χ0) is 28.1. The number of hydrogen-bond donors (Lipinski definition) is 0. The van der Waals surface area contributed by atoms with Gasteiger partial charge in [0.15, 0.2) is 11.6 Å². The Morgan fingerprint density at radius 1 is 0.929 bits per heavy atom. The SMILES string of the molecule is COc1ccncc1-c1cc2c(cnn2-c2cc3c(nc(N4C[C@@H]5C[C@H]4CO5)n3C)c(N3C[C@H]4C[C@@H]3CO4)n2)c(C)n1. The fourth-order valence-corrected chi connectivity index (χ4v) is 7.26. The molecule has 4 bridgehead atoms. The first kappa shape index (κ1) is 24.3. The number of ether oxygens (including phenoxy) is 3. The second-order valence-corrected chi connectivity index (χ2v) is 11.8. The largest absolute Gasteiger partial charge is 0.496 e. The molecule has 0 aromatic carbocycles. The molecule has 4 saturated heterocycles. The number of methoxy groups -OCH3 is 1. The summed E-state index contributed by atoms with van der Waals surface area (Å²) in [5, 5.41) is 5.81. The molecule has 0 radical (unpaired) electrons. The Labute approximate surface area is 241 Å². The van der Waals surface area contributed by atoms with Crippen LogP contribution in [0, 0.1) is 6.92 Å². The predicted octanol–water partition coefficient (Wildman–Crippen LogP) is 3.04. The van der Waals surface area contributed by atoms with E-state index in [9.17, 15) is 0 Å². The number of pyridine rings is 3. The van der Waals surface area contributed by atoms with E-state index < -0.39 is 0 Å². The normalized spacial score (nSPS) is 24.6. The van der Waals surface area contributed by atoms with Crippen LogP contribution in [-0.2, 0) is 16.5 Å². The Bertz CT molecular complexity index is 1880. The van der Waals surface area contributed by atoms with Gasteiger partial charge in [0.2, 0.25) is 5.95 Å². The molecule has 12 nitrogen and oxygen atoms in total. The summed E-state index contributed by atoms with van der Waals surface area (Å²) in [4.78, 5) is 24.5. The van der Waals surface area contributed by atoms with E-state index in [0.717, 1.165) is 101 Å². The van der Waals surface area contributed by atoms with E-state index in [0.29, 0.717) is 12.1 Å². The summed E-state index contributed by atoms with van der Waals surface area (Å²) in [7, 11) is 3.76. The highest BCUT2D eigenvalue weighted by Crippen LogP contribution is 2.40. The third-order valence-corrected chi connectivity index (χ3v) is 9.40. The first-order chi connectivity index (χ1) is 20.6. The third kappa shape index (κ3) is 3.45. The molecule has 12 heteroatoms. The quantitative estimate of drug-likeness (QED) is 0.316. The molecule has 9 rings (SSSR count). The molecule has 0 aliphatic carbocycles. The molecule has 0 N–H and O–H groups in total. The highest BCUT2D eigenvalue weighted by molar-refractivity contribution is 5.92. The number of nitrogens with zero attached hydrogens (tertiary/aromatic N) is 9. The van der Waals surface area contributed by atoms with E-state index in [4.69, 9.17) is 34.3 Å². The van der Waals surface area contributed by atoms with Gasteiger partial charge in [0, 0.05) is 49.7 Å². The second kappa shape index (κ2) is 8.85. The number of aromatic nitrogens is 7. The second-order valence-electron chi connectivity index (χ2n) is 11.8. The number of hydrogen-bond acceptors (Lipinski definition) is 10. The number of imidazole rings is 1. The van der Waals surface area contributed by atoms with Crippen molar-refractivity contribution in [3.05, 3.63) is 42.5 Å². The van der Waals surface area contributed by atoms with Crippen LogP contribution in [0.2, 0.25) is 0 Å². The van der Waals surface area contributed by atoms with E-state index >= 15 is 0 Å². The minimum absolute atomic E-state index is 0.237. The van der Waals surface area contributed by atoms with Crippen molar-refractivity contribution in [3.63, 3.8) is 0 Å². The molecule has 4 aliphatic rings. The van der Waals surface area contributed by atoms with Crippen molar-refractivity contribution in [3.8, 4) is 22.8 Å². The van der Waals surface area contributed by atoms with Gasteiger partial charge in [-0.05, 0) is 31.9 Å². The van der Waals surface area contributed by atoms with Gasteiger partial charge in [-0.2, -0.15) is 5.10 Å². The Morgan fingerprint density at radius 3 is 2.43 bits per heavy atom. The zero-order valence-electron chi connectivity index (χ0n) is 23.8. The van der Waals surface area contributed by atoms with Crippen molar-refractivity contribution in [1.29, 1.82) is 0 Å². The van der Waals surface area contributed by atoms with Crippen molar-refractivity contribution in [2.24, 2.45) is 7.05 Å². The van der Waals surface area contributed by atoms with Gasteiger partial charge in [-0.1, -0.05) is 0 Å². The summed E-state index contributed by atoms with van der Waals surface area (Å²) in [6, 6.07) is 6.67. The Balaban J connectivity index is 1.24. The van der Waals surface area contributed by atoms with Crippen LogP contribution in [0.5, 0.6) is 5.75 Å². The molecule has 4 aliphatic heterocycles. The van der Waals surface area contributed by atoms with Crippen LogP contribution in [0.1, 0.15) is 18.5 Å². The van der Waals surface area contributed by atoms with Crippen LogP contribution >= 0.6 is 0 Å². The topological polar surface area (TPSA) is 108 Å². The van der Waals surface area contributed by atoms with Gasteiger partial charge in [-0.3, -0.25) is 9.97 Å². The summed E-state index contributed by atoms with van der Waals surface area (Å²) in [5.41, 5.74) is 5.35.